The van der Waals surface area contributed by atoms with Gasteiger partial charge in [-0.2, -0.15) is 12.6 Å². The Bertz CT molecular complexity index is 851. The summed E-state index contributed by atoms with van der Waals surface area (Å²) in [6.45, 7) is 2.12. The van der Waals surface area contributed by atoms with Gasteiger partial charge in [-0.05, 0) is 55.2 Å². The molecule has 0 aliphatic carbocycles. The molecule has 2 aromatic rings. The molecule has 1 N–H and O–H groups in total. The SMILES string of the molecule is CC1CCC[C@@H]2c3ccsc3C[C@H](NC(=O)[C@@H](S)Cc3ccccc3)C(=O)N12. The van der Waals surface area contributed by atoms with Crippen LogP contribution in [0.1, 0.15) is 48.2 Å². The van der Waals surface area contributed by atoms with Crippen LogP contribution in [0.25, 0.3) is 0 Å². The fraction of sp³-hybridized carbons (Fsp3) is 0.455. The van der Waals surface area contributed by atoms with Gasteiger partial charge in [-0.15, -0.1) is 11.3 Å². The van der Waals surface area contributed by atoms with Crippen LogP contribution in [-0.2, 0) is 22.4 Å². The van der Waals surface area contributed by atoms with Crippen LogP contribution in [-0.4, -0.2) is 34.0 Å². The minimum atomic E-state index is -0.513. The van der Waals surface area contributed by atoms with Gasteiger partial charge in [0.25, 0.3) is 0 Å². The van der Waals surface area contributed by atoms with Gasteiger partial charge in [0, 0.05) is 17.3 Å². The predicted octanol–water partition coefficient (Wildman–Crippen LogP) is 3.77. The van der Waals surface area contributed by atoms with Gasteiger partial charge < -0.3 is 10.2 Å². The summed E-state index contributed by atoms with van der Waals surface area (Å²) in [6, 6.07) is 11.8. The van der Waals surface area contributed by atoms with Crippen LogP contribution in [0.3, 0.4) is 0 Å². The lowest BCUT2D eigenvalue weighted by Crippen LogP contribution is -2.54. The van der Waals surface area contributed by atoms with Crippen LogP contribution in [0.4, 0.5) is 0 Å². The van der Waals surface area contributed by atoms with Crippen LogP contribution in [0.2, 0.25) is 0 Å². The molecule has 1 aromatic heterocycles. The maximum absolute atomic E-state index is 13.4. The summed E-state index contributed by atoms with van der Waals surface area (Å²) < 4.78 is 0. The molecule has 4 rings (SSSR count). The first-order valence-electron chi connectivity index (χ1n) is 9.95. The van der Waals surface area contributed by atoms with E-state index in [-0.39, 0.29) is 23.9 Å². The first-order chi connectivity index (χ1) is 13.5. The Hall–Kier alpha value is -1.79. The molecule has 4 nitrogen and oxygen atoms in total. The molecule has 2 amide bonds. The van der Waals surface area contributed by atoms with Crippen molar-refractivity contribution >= 4 is 35.8 Å². The first-order valence-corrected chi connectivity index (χ1v) is 11.3. The summed E-state index contributed by atoms with van der Waals surface area (Å²) in [5.41, 5.74) is 2.34. The average Bonchev–Trinajstić information content (AvgIpc) is 3.11. The molecule has 148 valence electrons. The second-order valence-electron chi connectivity index (χ2n) is 7.81. The van der Waals surface area contributed by atoms with Crippen molar-refractivity contribution in [1.29, 1.82) is 0 Å². The number of nitrogens with zero attached hydrogens (tertiary/aromatic N) is 1. The molecule has 2 aliphatic rings. The number of rotatable bonds is 4. The highest BCUT2D eigenvalue weighted by Crippen LogP contribution is 2.40. The molecule has 0 bridgehead atoms. The molecule has 1 unspecified atom stereocenters. The molecule has 0 saturated carbocycles. The molecule has 3 heterocycles. The minimum absolute atomic E-state index is 0.0502. The van der Waals surface area contributed by atoms with Crippen LogP contribution < -0.4 is 5.32 Å². The second kappa shape index (κ2) is 8.29. The Morgan fingerprint density at radius 1 is 1.29 bits per heavy atom. The summed E-state index contributed by atoms with van der Waals surface area (Å²) in [5.74, 6) is -0.124. The number of carbonyl (C=O) groups excluding carboxylic acids is 2. The molecule has 4 atom stereocenters. The standard InChI is InChI=1S/C22H26N2O2S2/c1-14-6-5-9-18-16-10-11-28-20(16)13-17(22(26)24(14)18)23-21(25)19(27)12-15-7-3-2-4-8-15/h2-4,7-8,10-11,14,17-19,27H,5-6,9,12-13H2,1H3,(H,23,25)/t14?,17-,18+,19-/m0/s1. The number of benzene rings is 1. The van der Waals surface area contributed by atoms with Gasteiger partial charge in [-0.3, -0.25) is 9.59 Å². The molecule has 1 aromatic carbocycles. The van der Waals surface area contributed by atoms with Gasteiger partial charge in [-0.1, -0.05) is 30.3 Å². The van der Waals surface area contributed by atoms with Gasteiger partial charge in [0.05, 0.1) is 11.3 Å². The van der Waals surface area contributed by atoms with E-state index in [1.807, 2.05) is 35.2 Å². The number of thiol groups is 1. The Kier molecular flexibility index (Phi) is 5.78. The summed E-state index contributed by atoms with van der Waals surface area (Å²) in [7, 11) is 0. The average molecular weight is 415 g/mol. The van der Waals surface area contributed by atoms with Crippen LogP contribution in [0.15, 0.2) is 41.8 Å². The van der Waals surface area contributed by atoms with Gasteiger partial charge in [0.1, 0.15) is 6.04 Å². The molecular weight excluding hydrogens is 388 g/mol. The molecule has 1 fully saturated rings. The quantitative estimate of drug-likeness (QED) is 0.748. The Labute approximate surface area is 175 Å². The fourth-order valence-corrected chi connectivity index (χ4v) is 5.71. The smallest absolute Gasteiger partial charge is 0.246 e. The van der Waals surface area contributed by atoms with Crippen molar-refractivity contribution in [3.8, 4) is 0 Å². The van der Waals surface area contributed by atoms with Gasteiger partial charge >= 0.3 is 0 Å². The van der Waals surface area contributed by atoms with Crippen molar-refractivity contribution in [2.45, 2.75) is 62.4 Å². The van der Waals surface area contributed by atoms with E-state index < -0.39 is 11.3 Å². The Morgan fingerprint density at radius 3 is 2.86 bits per heavy atom. The lowest BCUT2D eigenvalue weighted by atomic mass is 9.92. The van der Waals surface area contributed by atoms with Gasteiger partial charge in [-0.25, -0.2) is 0 Å². The highest BCUT2D eigenvalue weighted by molar-refractivity contribution is 7.81. The summed E-state index contributed by atoms with van der Waals surface area (Å²) in [4.78, 5) is 29.4. The number of amides is 2. The number of piperidine rings is 1. The zero-order valence-corrected chi connectivity index (χ0v) is 17.7. The minimum Gasteiger partial charge on any atom is -0.343 e. The first kappa shape index (κ1) is 19.5. The van der Waals surface area contributed by atoms with E-state index in [0.717, 1.165) is 24.8 Å². The highest BCUT2D eigenvalue weighted by atomic mass is 32.1. The van der Waals surface area contributed by atoms with E-state index in [4.69, 9.17) is 0 Å². The second-order valence-corrected chi connectivity index (χ2v) is 9.44. The number of thiophene rings is 1. The van der Waals surface area contributed by atoms with Crippen molar-refractivity contribution in [3.63, 3.8) is 0 Å². The number of hydrogen-bond donors (Lipinski definition) is 2. The maximum atomic E-state index is 13.4. The molecule has 28 heavy (non-hydrogen) atoms. The summed E-state index contributed by atoms with van der Waals surface area (Å²) in [5, 5.41) is 4.64. The van der Waals surface area contributed by atoms with E-state index in [1.54, 1.807) is 11.3 Å². The number of hydrogen-bond acceptors (Lipinski definition) is 4. The molecular formula is C22H26N2O2S2. The normalized spacial score (nSPS) is 25.4. The highest BCUT2D eigenvalue weighted by Gasteiger charge is 2.41. The number of nitrogens with one attached hydrogen (secondary N) is 1. The lowest BCUT2D eigenvalue weighted by Gasteiger charge is -2.41. The third-order valence-electron chi connectivity index (χ3n) is 5.88. The van der Waals surface area contributed by atoms with E-state index in [2.05, 4.69) is 36.3 Å². The molecule has 6 heteroatoms. The number of carbonyl (C=O) groups is 2. The topological polar surface area (TPSA) is 49.4 Å². The third-order valence-corrected chi connectivity index (χ3v) is 7.26. The predicted molar refractivity (Wildman–Crippen MR) is 116 cm³/mol. The van der Waals surface area contributed by atoms with Crippen molar-refractivity contribution in [2.24, 2.45) is 0 Å². The van der Waals surface area contributed by atoms with E-state index in [9.17, 15) is 9.59 Å². The Balaban J connectivity index is 1.52. The summed E-state index contributed by atoms with van der Waals surface area (Å²) in [6.07, 6.45) is 4.28. The molecule has 1 saturated heterocycles. The van der Waals surface area contributed by atoms with Crippen LogP contribution in [0.5, 0.6) is 0 Å². The molecule has 0 radical (unpaired) electrons. The van der Waals surface area contributed by atoms with Crippen molar-refractivity contribution < 1.29 is 9.59 Å². The van der Waals surface area contributed by atoms with Crippen LogP contribution >= 0.6 is 24.0 Å². The zero-order chi connectivity index (χ0) is 19.7. The van der Waals surface area contributed by atoms with E-state index >= 15 is 0 Å². The third kappa shape index (κ3) is 3.85. The molecule has 2 aliphatic heterocycles. The monoisotopic (exact) mass is 414 g/mol. The lowest BCUT2D eigenvalue weighted by molar-refractivity contribution is -0.141. The van der Waals surface area contributed by atoms with E-state index in [1.165, 1.54) is 10.4 Å². The molecule has 0 spiro atoms. The van der Waals surface area contributed by atoms with E-state index in [0.29, 0.717) is 12.8 Å². The zero-order valence-electron chi connectivity index (χ0n) is 16.0. The van der Waals surface area contributed by atoms with Crippen molar-refractivity contribution in [1.82, 2.24) is 10.2 Å². The number of fused-ring (bicyclic) bond motifs is 3. The fourth-order valence-electron chi connectivity index (χ4n) is 4.44. The Morgan fingerprint density at radius 2 is 2.07 bits per heavy atom. The van der Waals surface area contributed by atoms with Gasteiger partial charge in [0.2, 0.25) is 11.8 Å². The van der Waals surface area contributed by atoms with Crippen molar-refractivity contribution in [2.75, 3.05) is 0 Å². The van der Waals surface area contributed by atoms with Crippen molar-refractivity contribution in [3.05, 3.63) is 57.8 Å². The van der Waals surface area contributed by atoms with Gasteiger partial charge in [0.15, 0.2) is 0 Å². The largest absolute Gasteiger partial charge is 0.343 e. The maximum Gasteiger partial charge on any atom is 0.246 e. The summed E-state index contributed by atoms with van der Waals surface area (Å²) >= 11 is 6.20. The van der Waals surface area contributed by atoms with Crippen LogP contribution in [0, 0.1) is 0 Å².